The van der Waals surface area contributed by atoms with E-state index in [1.165, 1.54) is 18.2 Å². The van der Waals surface area contributed by atoms with E-state index >= 15 is 0 Å². The van der Waals surface area contributed by atoms with Gasteiger partial charge in [-0.3, -0.25) is 4.79 Å². The van der Waals surface area contributed by atoms with Crippen molar-refractivity contribution >= 4 is 44.9 Å². The Morgan fingerprint density at radius 1 is 1.35 bits per heavy atom. The molecule has 0 bridgehead atoms. The number of esters is 1. The van der Waals surface area contributed by atoms with Crippen LogP contribution in [-0.4, -0.2) is 43.9 Å². The second-order valence-electron chi connectivity index (χ2n) is 5.65. The van der Waals surface area contributed by atoms with Gasteiger partial charge in [-0.1, -0.05) is 23.2 Å². The van der Waals surface area contributed by atoms with Crippen molar-refractivity contribution in [1.29, 1.82) is 0 Å². The molecule has 1 aromatic carbocycles. The molecule has 0 aromatic heterocycles. The molecule has 1 aromatic rings. The van der Waals surface area contributed by atoms with Crippen LogP contribution in [0.3, 0.4) is 0 Å². The molecule has 1 saturated heterocycles. The van der Waals surface area contributed by atoms with Crippen molar-refractivity contribution in [1.82, 2.24) is 5.32 Å². The Morgan fingerprint density at radius 2 is 2.04 bits per heavy atom. The molecule has 9 heteroatoms. The highest BCUT2D eigenvalue weighted by molar-refractivity contribution is 7.91. The van der Waals surface area contributed by atoms with E-state index in [4.69, 9.17) is 27.9 Å². The molecule has 2 rings (SSSR count). The molecule has 1 atom stereocenters. The van der Waals surface area contributed by atoms with Crippen molar-refractivity contribution in [2.45, 2.75) is 18.9 Å². The highest BCUT2D eigenvalue weighted by atomic mass is 35.5. The first-order valence-electron chi connectivity index (χ1n) is 6.74. The van der Waals surface area contributed by atoms with Crippen LogP contribution in [0.15, 0.2) is 18.2 Å². The second kappa shape index (κ2) is 6.67. The molecular formula is C14H15Cl2NO5S. The van der Waals surface area contributed by atoms with Crippen LogP contribution < -0.4 is 5.32 Å². The van der Waals surface area contributed by atoms with Crippen LogP contribution in [0.25, 0.3) is 0 Å². The number of carbonyl (C=O) groups excluding carboxylic acids is 2. The number of amides is 1. The summed E-state index contributed by atoms with van der Waals surface area (Å²) < 4.78 is 27.9. The highest BCUT2D eigenvalue weighted by Crippen LogP contribution is 2.23. The topological polar surface area (TPSA) is 89.5 Å². The van der Waals surface area contributed by atoms with Crippen molar-refractivity contribution in [2.75, 3.05) is 18.1 Å². The minimum Gasteiger partial charge on any atom is -0.452 e. The predicted octanol–water partition coefficient (Wildman–Crippen LogP) is 1.84. The first-order chi connectivity index (χ1) is 10.6. The van der Waals surface area contributed by atoms with Crippen molar-refractivity contribution in [3.8, 4) is 0 Å². The maximum atomic E-state index is 11.9. The Bertz CT molecular complexity index is 750. The van der Waals surface area contributed by atoms with Gasteiger partial charge in [0.25, 0.3) is 5.91 Å². The molecule has 1 fully saturated rings. The maximum absolute atomic E-state index is 11.9. The van der Waals surface area contributed by atoms with Crippen molar-refractivity contribution < 1.29 is 22.7 Å². The van der Waals surface area contributed by atoms with Crippen molar-refractivity contribution in [3.63, 3.8) is 0 Å². The molecule has 0 radical (unpaired) electrons. The van der Waals surface area contributed by atoms with Gasteiger partial charge < -0.3 is 10.1 Å². The summed E-state index contributed by atoms with van der Waals surface area (Å²) in [5.74, 6) is -1.42. The lowest BCUT2D eigenvalue weighted by Crippen LogP contribution is -2.48. The van der Waals surface area contributed by atoms with E-state index in [2.05, 4.69) is 5.32 Å². The molecule has 1 N–H and O–H groups in total. The number of rotatable bonds is 4. The molecule has 0 spiro atoms. The van der Waals surface area contributed by atoms with Crippen LogP contribution in [0.1, 0.15) is 23.7 Å². The first-order valence-corrected chi connectivity index (χ1v) is 9.32. The fraction of sp³-hybridized carbons (Fsp3) is 0.429. The zero-order chi connectivity index (χ0) is 17.3. The van der Waals surface area contributed by atoms with Gasteiger partial charge in [0.1, 0.15) is 0 Å². The van der Waals surface area contributed by atoms with Gasteiger partial charge in [-0.25, -0.2) is 13.2 Å². The predicted molar refractivity (Wildman–Crippen MR) is 86.6 cm³/mol. The Kier molecular flexibility index (Phi) is 5.23. The molecule has 1 heterocycles. The fourth-order valence-corrected chi connectivity index (χ4v) is 4.92. The lowest BCUT2D eigenvalue weighted by Gasteiger charge is -2.23. The quantitative estimate of drug-likeness (QED) is 0.806. The summed E-state index contributed by atoms with van der Waals surface area (Å²) in [6.07, 6.45) is 0.331. The van der Waals surface area contributed by atoms with Gasteiger partial charge in [-0.05, 0) is 31.5 Å². The zero-order valence-electron chi connectivity index (χ0n) is 12.3. The largest absolute Gasteiger partial charge is 0.452 e. The van der Waals surface area contributed by atoms with Gasteiger partial charge in [0, 0.05) is 5.02 Å². The zero-order valence-corrected chi connectivity index (χ0v) is 14.6. The average molecular weight is 380 g/mol. The van der Waals surface area contributed by atoms with Crippen LogP contribution in [0, 0.1) is 0 Å². The van der Waals surface area contributed by atoms with Gasteiger partial charge in [0.15, 0.2) is 16.4 Å². The van der Waals surface area contributed by atoms with E-state index in [1.54, 1.807) is 6.92 Å². The SMILES string of the molecule is C[C@@]1(NC(=O)COC(=O)c2ccc(Cl)cc2Cl)CCS(=O)(=O)C1. The van der Waals surface area contributed by atoms with Gasteiger partial charge in [0.05, 0.1) is 27.6 Å². The standard InChI is InChI=1S/C14H15Cl2NO5S/c1-14(4-5-23(20,21)8-14)17-12(18)7-22-13(19)10-3-2-9(15)6-11(10)16/h2-3,6H,4-5,7-8H2,1H3,(H,17,18)/t14-/m1/s1. The molecule has 0 saturated carbocycles. The Morgan fingerprint density at radius 3 is 2.61 bits per heavy atom. The Labute approximate surface area is 144 Å². The van der Waals surface area contributed by atoms with Crippen LogP contribution in [0.2, 0.25) is 10.0 Å². The number of nitrogens with one attached hydrogen (secondary N) is 1. The first kappa shape index (κ1) is 18.0. The van der Waals surface area contributed by atoms with Gasteiger partial charge in [0.2, 0.25) is 0 Å². The van der Waals surface area contributed by atoms with E-state index in [-0.39, 0.29) is 22.1 Å². The molecule has 1 aliphatic heterocycles. The number of carbonyl (C=O) groups is 2. The van der Waals surface area contributed by atoms with E-state index < -0.39 is 33.9 Å². The summed E-state index contributed by atoms with van der Waals surface area (Å²) in [4.78, 5) is 23.7. The average Bonchev–Trinajstić information content (AvgIpc) is 2.69. The van der Waals surface area contributed by atoms with Crippen molar-refractivity contribution in [3.05, 3.63) is 33.8 Å². The minimum atomic E-state index is -3.14. The number of hydrogen-bond donors (Lipinski definition) is 1. The van der Waals surface area contributed by atoms with E-state index in [0.717, 1.165) is 0 Å². The lowest BCUT2D eigenvalue weighted by atomic mass is 10.0. The molecule has 23 heavy (non-hydrogen) atoms. The van der Waals surface area contributed by atoms with Gasteiger partial charge >= 0.3 is 5.97 Å². The minimum absolute atomic E-state index is 0.0317. The molecule has 1 amide bonds. The number of sulfone groups is 1. The number of hydrogen-bond acceptors (Lipinski definition) is 5. The lowest BCUT2D eigenvalue weighted by molar-refractivity contribution is -0.125. The molecule has 126 valence electrons. The van der Waals surface area contributed by atoms with Crippen LogP contribution >= 0.6 is 23.2 Å². The third-order valence-electron chi connectivity index (χ3n) is 3.43. The summed E-state index contributed by atoms with van der Waals surface area (Å²) in [7, 11) is -3.14. The monoisotopic (exact) mass is 379 g/mol. The fourth-order valence-electron chi connectivity index (χ4n) is 2.35. The summed E-state index contributed by atoms with van der Waals surface area (Å²) >= 11 is 11.6. The summed E-state index contributed by atoms with van der Waals surface area (Å²) in [6.45, 7) is 1.13. The van der Waals surface area contributed by atoms with Crippen molar-refractivity contribution in [2.24, 2.45) is 0 Å². The number of benzene rings is 1. The molecule has 6 nitrogen and oxygen atoms in total. The molecule has 0 unspecified atom stereocenters. The normalized spacial score (nSPS) is 22.6. The summed E-state index contributed by atoms with van der Waals surface area (Å²) in [5.41, 5.74) is -0.737. The molecule has 0 aliphatic carbocycles. The third-order valence-corrected chi connectivity index (χ3v) is 5.88. The maximum Gasteiger partial charge on any atom is 0.340 e. The van der Waals surface area contributed by atoms with Gasteiger partial charge in [-0.15, -0.1) is 0 Å². The van der Waals surface area contributed by atoms with Crippen LogP contribution in [0.4, 0.5) is 0 Å². The van der Waals surface area contributed by atoms with Crippen LogP contribution in [-0.2, 0) is 19.4 Å². The van der Waals surface area contributed by atoms with Crippen LogP contribution in [0.5, 0.6) is 0 Å². The van der Waals surface area contributed by atoms with E-state index in [1.807, 2.05) is 0 Å². The highest BCUT2D eigenvalue weighted by Gasteiger charge is 2.39. The molecule has 1 aliphatic rings. The summed E-state index contributed by atoms with van der Waals surface area (Å²) in [5, 5.41) is 3.09. The van der Waals surface area contributed by atoms with E-state index in [9.17, 15) is 18.0 Å². The van der Waals surface area contributed by atoms with Gasteiger partial charge in [-0.2, -0.15) is 0 Å². The Hall–Kier alpha value is -1.31. The second-order valence-corrected chi connectivity index (χ2v) is 8.68. The Balaban J connectivity index is 1.90. The third kappa shape index (κ3) is 4.83. The molecular weight excluding hydrogens is 365 g/mol. The smallest absolute Gasteiger partial charge is 0.340 e. The number of halogens is 2. The van der Waals surface area contributed by atoms with E-state index in [0.29, 0.717) is 11.4 Å². The number of ether oxygens (including phenoxy) is 1. The summed E-state index contributed by atoms with van der Waals surface area (Å²) in [6, 6.07) is 4.27.